The molecular formula is C15H29N. The third kappa shape index (κ3) is 9.97. The first kappa shape index (κ1) is 15.4. The molecule has 0 radical (unpaired) electrons. The average molecular weight is 223 g/mol. The molecule has 16 heavy (non-hydrogen) atoms. The first-order valence-corrected chi connectivity index (χ1v) is 6.64. The lowest BCUT2D eigenvalue weighted by molar-refractivity contribution is 0.594. The summed E-state index contributed by atoms with van der Waals surface area (Å²) in [7, 11) is 0. The van der Waals surface area contributed by atoms with Crippen molar-refractivity contribution >= 4 is 0 Å². The summed E-state index contributed by atoms with van der Waals surface area (Å²) in [5, 5.41) is 3.45. The van der Waals surface area contributed by atoms with Gasteiger partial charge in [0.15, 0.2) is 0 Å². The summed E-state index contributed by atoms with van der Waals surface area (Å²) < 4.78 is 0. The van der Waals surface area contributed by atoms with Crippen molar-refractivity contribution in [2.24, 2.45) is 5.92 Å². The predicted molar refractivity (Wildman–Crippen MR) is 74.7 cm³/mol. The molecule has 0 unspecified atom stereocenters. The summed E-state index contributed by atoms with van der Waals surface area (Å²) in [5.41, 5.74) is 1.48. The monoisotopic (exact) mass is 223 g/mol. The van der Waals surface area contributed by atoms with E-state index in [4.69, 9.17) is 0 Å². The smallest absolute Gasteiger partial charge is 0.0169 e. The molecule has 0 spiro atoms. The fraction of sp³-hybridized carbons (Fsp3) is 0.733. The molecule has 0 rings (SSSR count). The molecule has 1 nitrogen and oxygen atoms in total. The van der Waals surface area contributed by atoms with E-state index >= 15 is 0 Å². The van der Waals surface area contributed by atoms with Crippen LogP contribution in [0.25, 0.3) is 0 Å². The number of hydrogen-bond acceptors (Lipinski definition) is 1. The van der Waals surface area contributed by atoms with Gasteiger partial charge in [0, 0.05) is 12.6 Å². The van der Waals surface area contributed by atoms with E-state index in [1.54, 1.807) is 0 Å². The molecule has 1 N–H and O–H groups in total. The Balaban J connectivity index is 3.86. The fourth-order valence-corrected chi connectivity index (χ4v) is 1.37. The van der Waals surface area contributed by atoms with Gasteiger partial charge in [-0.1, -0.05) is 58.4 Å². The SMILES string of the molecule is CC/C(=C\C=C/CCC(C)C)CNC(C)C. The van der Waals surface area contributed by atoms with Crippen molar-refractivity contribution in [1.29, 1.82) is 0 Å². The van der Waals surface area contributed by atoms with Gasteiger partial charge in [0.1, 0.15) is 0 Å². The summed E-state index contributed by atoms with van der Waals surface area (Å²) in [5.74, 6) is 0.807. The van der Waals surface area contributed by atoms with Crippen molar-refractivity contribution in [3.8, 4) is 0 Å². The Bertz CT molecular complexity index is 211. The second-order valence-electron chi connectivity index (χ2n) is 5.11. The van der Waals surface area contributed by atoms with Gasteiger partial charge in [-0.15, -0.1) is 0 Å². The minimum absolute atomic E-state index is 0.569. The van der Waals surface area contributed by atoms with Crippen molar-refractivity contribution in [2.45, 2.75) is 59.9 Å². The van der Waals surface area contributed by atoms with Crippen LogP contribution in [0.2, 0.25) is 0 Å². The van der Waals surface area contributed by atoms with Crippen LogP contribution in [0.4, 0.5) is 0 Å². The van der Waals surface area contributed by atoms with Gasteiger partial charge in [0.25, 0.3) is 0 Å². The lowest BCUT2D eigenvalue weighted by Gasteiger charge is -2.09. The molecule has 94 valence electrons. The molecule has 0 aromatic heterocycles. The summed E-state index contributed by atoms with van der Waals surface area (Å²) >= 11 is 0. The van der Waals surface area contributed by atoms with E-state index in [0.717, 1.165) is 18.9 Å². The zero-order chi connectivity index (χ0) is 12.4. The summed E-state index contributed by atoms with van der Waals surface area (Å²) in [6, 6.07) is 0.569. The highest BCUT2D eigenvalue weighted by atomic mass is 14.9. The average Bonchev–Trinajstić information content (AvgIpc) is 2.21. The van der Waals surface area contributed by atoms with Crippen molar-refractivity contribution in [2.75, 3.05) is 6.54 Å². The Morgan fingerprint density at radius 2 is 1.88 bits per heavy atom. The first-order valence-electron chi connectivity index (χ1n) is 6.64. The summed E-state index contributed by atoms with van der Waals surface area (Å²) in [6.45, 7) is 12.2. The molecule has 0 fully saturated rings. The van der Waals surface area contributed by atoms with Crippen molar-refractivity contribution in [1.82, 2.24) is 5.32 Å². The van der Waals surface area contributed by atoms with Crippen molar-refractivity contribution < 1.29 is 0 Å². The van der Waals surface area contributed by atoms with Crippen LogP contribution in [-0.4, -0.2) is 12.6 Å². The predicted octanol–water partition coefficient (Wildman–Crippen LogP) is 4.31. The maximum atomic E-state index is 3.45. The van der Waals surface area contributed by atoms with E-state index in [1.165, 1.54) is 18.4 Å². The van der Waals surface area contributed by atoms with Gasteiger partial charge in [0.2, 0.25) is 0 Å². The molecule has 0 aliphatic heterocycles. The van der Waals surface area contributed by atoms with Crippen LogP contribution in [0.15, 0.2) is 23.8 Å². The van der Waals surface area contributed by atoms with Crippen LogP contribution in [-0.2, 0) is 0 Å². The van der Waals surface area contributed by atoms with Crippen LogP contribution >= 0.6 is 0 Å². The van der Waals surface area contributed by atoms with E-state index < -0.39 is 0 Å². The van der Waals surface area contributed by atoms with Crippen LogP contribution in [0.5, 0.6) is 0 Å². The molecular weight excluding hydrogens is 194 g/mol. The molecule has 0 heterocycles. The minimum Gasteiger partial charge on any atom is -0.311 e. The minimum atomic E-state index is 0.569. The number of nitrogens with one attached hydrogen (secondary N) is 1. The highest BCUT2D eigenvalue weighted by Gasteiger charge is 1.95. The quantitative estimate of drug-likeness (QED) is 0.605. The zero-order valence-corrected chi connectivity index (χ0v) is 11.7. The fourth-order valence-electron chi connectivity index (χ4n) is 1.37. The van der Waals surface area contributed by atoms with Gasteiger partial charge < -0.3 is 5.32 Å². The molecule has 0 saturated heterocycles. The van der Waals surface area contributed by atoms with Gasteiger partial charge in [-0.3, -0.25) is 0 Å². The van der Waals surface area contributed by atoms with Crippen LogP contribution in [0, 0.1) is 5.92 Å². The normalized spacial score (nSPS) is 13.3. The summed E-state index contributed by atoms with van der Waals surface area (Å²) in [6.07, 6.45) is 10.4. The molecule has 1 heteroatoms. The molecule has 0 aromatic rings. The van der Waals surface area contributed by atoms with E-state index in [1.807, 2.05) is 0 Å². The molecule has 0 aliphatic rings. The van der Waals surface area contributed by atoms with Gasteiger partial charge in [-0.25, -0.2) is 0 Å². The van der Waals surface area contributed by atoms with Gasteiger partial charge in [-0.05, 0) is 25.2 Å². The molecule has 0 amide bonds. The molecule has 0 bridgehead atoms. The summed E-state index contributed by atoms with van der Waals surface area (Å²) in [4.78, 5) is 0. The second kappa shape index (κ2) is 9.65. The number of rotatable bonds is 8. The standard InChI is InChI=1S/C15H29N/c1-6-15(12-16-14(4)5)11-9-7-8-10-13(2)3/h7,9,11,13-14,16H,6,8,10,12H2,1-5H3/b9-7-,15-11+. The van der Waals surface area contributed by atoms with Crippen LogP contribution < -0.4 is 5.32 Å². The molecule has 0 aromatic carbocycles. The van der Waals surface area contributed by atoms with Gasteiger partial charge in [0.05, 0.1) is 0 Å². The molecule has 0 aliphatic carbocycles. The Morgan fingerprint density at radius 1 is 1.19 bits per heavy atom. The third-order valence-corrected chi connectivity index (χ3v) is 2.57. The Hall–Kier alpha value is -0.560. The van der Waals surface area contributed by atoms with E-state index in [2.05, 4.69) is 58.2 Å². The third-order valence-electron chi connectivity index (χ3n) is 2.57. The van der Waals surface area contributed by atoms with Crippen molar-refractivity contribution in [3.05, 3.63) is 23.8 Å². The van der Waals surface area contributed by atoms with E-state index in [-0.39, 0.29) is 0 Å². The van der Waals surface area contributed by atoms with Crippen LogP contribution in [0.3, 0.4) is 0 Å². The topological polar surface area (TPSA) is 12.0 Å². The lowest BCUT2D eigenvalue weighted by atomic mass is 10.1. The maximum absolute atomic E-state index is 3.45. The van der Waals surface area contributed by atoms with E-state index in [0.29, 0.717) is 6.04 Å². The Labute approximate surface area is 102 Å². The molecule has 0 saturated carbocycles. The van der Waals surface area contributed by atoms with Gasteiger partial charge in [-0.2, -0.15) is 0 Å². The highest BCUT2D eigenvalue weighted by Crippen LogP contribution is 2.05. The number of allylic oxidation sites excluding steroid dienone is 3. The maximum Gasteiger partial charge on any atom is 0.0169 e. The highest BCUT2D eigenvalue weighted by molar-refractivity contribution is 5.13. The lowest BCUT2D eigenvalue weighted by Crippen LogP contribution is -2.24. The van der Waals surface area contributed by atoms with Crippen molar-refractivity contribution in [3.63, 3.8) is 0 Å². The van der Waals surface area contributed by atoms with E-state index in [9.17, 15) is 0 Å². The zero-order valence-electron chi connectivity index (χ0n) is 11.7. The number of hydrogen-bond donors (Lipinski definition) is 1. The Morgan fingerprint density at radius 3 is 2.38 bits per heavy atom. The largest absolute Gasteiger partial charge is 0.311 e. The van der Waals surface area contributed by atoms with Crippen LogP contribution in [0.1, 0.15) is 53.9 Å². The second-order valence-corrected chi connectivity index (χ2v) is 5.11. The first-order chi connectivity index (χ1) is 7.56. The Kier molecular flexibility index (Phi) is 9.31. The van der Waals surface area contributed by atoms with Gasteiger partial charge >= 0.3 is 0 Å². The molecule has 0 atom stereocenters.